The van der Waals surface area contributed by atoms with E-state index in [2.05, 4.69) is 10.3 Å². The normalized spacial score (nSPS) is 17.4. The molecular weight excluding hydrogens is 329 g/mol. The number of rotatable bonds is 5. The van der Waals surface area contributed by atoms with Gasteiger partial charge in [-0.2, -0.15) is 13.2 Å². The Bertz CT molecular complexity index is 683. The van der Waals surface area contributed by atoms with E-state index < -0.39 is 11.7 Å². The van der Waals surface area contributed by atoms with Gasteiger partial charge in [0.1, 0.15) is 0 Å². The Balaban J connectivity index is 1.79. The van der Waals surface area contributed by atoms with Crippen molar-refractivity contribution in [3.8, 4) is 0 Å². The summed E-state index contributed by atoms with van der Waals surface area (Å²) in [6, 6.07) is 9.56. The molecule has 0 amide bonds. The number of pyridine rings is 1. The van der Waals surface area contributed by atoms with E-state index in [0.717, 1.165) is 17.2 Å². The first-order chi connectivity index (χ1) is 12.0. The third kappa shape index (κ3) is 4.38. The Morgan fingerprint density at radius 3 is 2.48 bits per heavy atom. The highest BCUT2D eigenvalue weighted by Gasteiger charge is 2.37. The average molecular weight is 350 g/mol. The van der Waals surface area contributed by atoms with Gasteiger partial charge in [0.15, 0.2) is 0 Å². The number of nitrogens with one attached hydrogen (secondary N) is 1. The average Bonchev–Trinajstić information content (AvgIpc) is 2.63. The summed E-state index contributed by atoms with van der Waals surface area (Å²) in [5.41, 5.74) is 0.895. The first kappa shape index (κ1) is 17.9. The molecular formula is C19H21F3N2O. The van der Waals surface area contributed by atoms with Gasteiger partial charge in [-0.15, -0.1) is 0 Å². The summed E-state index contributed by atoms with van der Waals surface area (Å²) in [6.07, 6.45) is 0.546. The van der Waals surface area contributed by atoms with Crippen LogP contribution in [0.2, 0.25) is 0 Å². The molecule has 2 aromatic rings. The number of hydrogen-bond acceptors (Lipinski definition) is 3. The summed E-state index contributed by atoms with van der Waals surface area (Å²) in [4.78, 5) is 3.99. The monoisotopic (exact) mass is 350 g/mol. The molecule has 25 heavy (non-hydrogen) atoms. The molecule has 0 spiro atoms. The van der Waals surface area contributed by atoms with Crippen LogP contribution in [0.5, 0.6) is 0 Å². The fourth-order valence-electron chi connectivity index (χ4n) is 3.30. The Hall–Kier alpha value is -1.92. The fourth-order valence-corrected chi connectivity index (χ4v) is 3.30. The predicted octanol–water partition coefficient (Wildman–Crippen LogP) is 3.94. The van der Waals surface area contributed by atoms with Crippen LogP contribution in [0.3, 0.4) is 0 Å². The molecule has 0 radical (unpaired) electrons. The van der Waals surface area contributed by atoms with Gasteiger partial charge in [0.25, 0.3) is 0 Å². The second-order valence-corrected chi connectivity index (χ2v) is 6.43. The summed E-state index contributed by atoms with van der Waals surface area (Å²) in [7, 11) is 0. The molecule has 1 aliphatic heterocycles. The predicted molar refractivity (Wildman–Crippen MR) is 89.1 cm³/mol. The maximum absolute atomic E-state index is 13.1. The van der Waals surface area contributed by atoms with Gasteiger partial charge in [-0.05, 0) is 42.2 Å². The quantitative estimate of drug-likeness (QED) is 0.887. The lowest BCUT2D eigenvalue weighted by Gasteiger charge is -2.38. The van der Waals surface area contributed by atoms with Crippen molar-refractivity contribution in [1.29, 1.82) is 0 Å². The lowest BCUT2D eigenvalue weighted by Crippen LogP contribution is -2.42. The van der Waals surface area contributed by atoms with E-state index in [0.29, 0.717) is 39.1 Å². The topological polar surface area (TPSA) is 34.2 Å². The number of alkyl halides is 3. The van der Waals surface area contributed by atoms with Gasteiger partial charge < -0.3 is 10.1 Å². The smallest absolute Gasteiger partial charge is 0.381 e. The highest BCUT2D eigenvalue weighted by Crippen LogP contribution is 2.37. The number of aromatic nitrogens is 1. The number of ether oxygens (including phenoxy) is 1. The molecule has 3 rings (SSSR count). The Kier molecular flexibility index (Phi) is 5.39. The molecule has 2 heterocycles. The van der Waals surface area contributed by atoms with Gasteiger partial charge in [0.05, 0.1) is 5.56 Å². The van der Waals surface area contributed by atoms with Gasteiger partial charge >= 0.3 is 6.18 Å². The molecule has 1 saturated heterocycles. The molecule has 3 nitrogen and oxygen atoms in total. The van der Waals surface area contributed by atoms with Gasteiger partial charge in [-0.25, -0.2) is 0 Å². The first-order valence-corrected chi connectivity index (χ1v) is 8.35. The molecule has 1 fully saturated rings. The van der Waals surface area contributed by atoms with Crippen LogP contribution in [-0.4, -0.2) is 24.7 Å². The minimum absolute atomic E-state index is 0.341. The third-order valence-corrected chi connectivity index (χ3v) is 4.79. The lowest BCUT2D eigenvalue weighted by atomic mass is 9.73. The molecule has 134 valence electrons. The molecule has 1 aliphatic rings. The van der Waals surface area contributed by atoms with E-state index in [1.807, 2.05) is 12.1 Å². The van der Waals surface area contributed by atoms with Crippen molar-refractivity contribution in [3.63, 3.8) is 0 Å². The second kappa shape index (κ2) is 7.54. The minimum atomic E-state index is -4.33. The summed E-state index contributed by atoms with van der Waals surface area (Å²) in [5, 5.41) is 3.40. The summed E-state index contributed by atoms with van der Waals surface area (Å²) < 4.78 is 44.7. The number of halogens is 3. The van der Waals surface area contributed by atoms with Crippen molar-refractivity contribution in [2.75, 3.05) is 19.8 Å². The van der Waals surface area contributed by atoms with Crippen LogP contribution >= 0.6 is 0 Å². The molecule has 1 aromatic heterocycles. The summed E-state index contributed by atoms with van der Waals surface area (Å²) in [5.74, 6) is 0. The lowest BCUT2D eigenvalue weighted by molar-refractivity contribution is -0.137. The maximum Gasteiger partial charge on any atom is 0.416 e. The van der Waals surface area contributed by atoms with E-state index in [9.17, 15) is 13.2 Å². The molecule has 1 aromatic carbocycles. The van der Waals surface area contributed by atoms with Crippen molar-refractivity contribution in [1.82, 2.24) is 10.3 Å². The van der Waals surface area contributed by atoms with Crippen molar-refractivity contribution in [2.45, 2.75) is 31.0 Å². The number of benzene rings is 1. The minimum Gasteiger partial charge on any atom is -0.381 e. The first-order valence-electron chi connectivity index (χ1n) is 8.35. The second-order valence-electron chi connectivity index (χ2n) is 6.43. The van der Waals surface area contributed by atoms with Gasteiger partial charge in [0.2, 0.25) is 0 Å². The Labute approximate surface area is 145 Å². The SMILES string of the molecule is FC(F)(F)c1cccc(C2(CNCc3ccncc3)CCOCC2)c1. The highest BCUT2D eigenvalue weighted by molar-refractivity contribution is 5.33. The van der Waals surface area contributed by atoms with Crippen LogP contribution in [0.1, 0.15) is 29.5 Å². The van der Waals surface area contributed by atoms with Crippen molar-refractivity contribution >= 4 is 0 Å². The van der Waals surface area contributed by atoms with Crippen LogP contribution in [0, 0.1) is 0 Å². The van der Waals surface area contributed by atoms with Gasteiger partial charge in [-0.3, -0.25) is 4.98 Å². The van der Waals surface area contributed by atoms with E-state index in [-0.39, 0.29) is 5.41 Å². The van der Waals surface area contributed by atoms with Crippen LogP contribution in [-0.2, 0) is 22.9 Å². The van der Waals surface area contributed by atoms with Crippen molar-refractivity contribution in [3.05, 3.63) is 65.5 Å². The fraction of sp³-hybridized carbons (Fsp3) is 0.421. The van der Waals surface area contributed by atoms with Gasteiger partial charge in [0, 0.05) is 44.1 Å². The Morgan fingerprint density at radius 2 is 1.80 bits per heavy atom. The van der Waals surface area contributed by atoms with Crippen molar-refractivity contribution < 1.29 is 17.9 Å². The molecule has 0 unspecified atom stereocenters. The van der Waals surface area contributed by atoms with Crippen LogP contribution in [0.25, 0.3) is 0 Å². The van der Waals surface area contributed by atoms with E-state index >= 15 is 0 Å². The third-order valence-electron chi connectivity index (χ3n) is 4.79. The highest BCUT2D eigenvalue weighted by atomic mass is 19.4. The van der Waals surface area contributed by atoms with Gasteiger partial charge in [-0.1, -0.05) is 18.2 Å². The Morgan fingerprint density at radius 1 is 1.08 bits per heavy atom. The number of nitrogens with zero attached hydrogens (tertiary/aromatic N) is 1. The van der Waals surface area contributed by atoms with Crippen LogP contribution < -0.4 is 5.32 Å². The zero-order valence-electron chi connectivity index (χ0n) is 13.9. The number of hydrogen-bond donors (Lipinski definition) is 1. The zero-order valence-corrected chi connectivity index (χ0v) is 13.9. The van der Waals surface area contributed by atoms with E-state index in [1.54, 1.807) is 18.5 Å². The standard InChI is InChI=1S/C19H21F3N2O/c20-19(21,22)17-3-1-2-16(12-17)18(6-10-25-11-7-18)14-24-13-15-4-8-23-9-5-15/h1-5,8-9,12,24H,6-7,10-11,13-14H2. The van der Waals surface area contributed by atoms with Crippen molar-refractivity contribution in [2.24, 2.45) is 0 Å². The molecule has 0 aliphatic carbocycles. The van der Waals surface area contributed by atoms with Crippen LogP contribution in [0.4, 0.5) is 13.2 Å². The zero-order chi connectivity index (χ0) is 17.8. The molecule has 0 bridgehead atoms. The molecule has 6 heteroatoms. The molecule has 0 atom stereocenters. The molecule has 0 saturated carbocycles. The summed E-state index contributed by atoms with van der Waals surface area (Å²) >= 11 is 0. The van der Waals surface area contributed by atoms with Crippen LogP contribution in [0.15, 0.2) is 48.8 Å². The van der Waals surface area contributed by atoms with E-state index in [1.165, 1.54) is 12.1 Å². The summed E-state index contributed by atoms with van der Waals surface area (Å²) in [6.45, 7) is 2.39. The maximum atomic E-state index is 13.1. The largest absolute Gasteiger partial charge is 0.416 e. The van der Waals surface area contributed by atoms with E-state index in [4.69, 9.17) is 4.74 Å². The molecule has 1 N–H and O–H groups in total.